The van der Waals surface area contributed by atoms with Crippen molar-refractivity contribution in [1.82, 2.24) is 4.98 Å². The van der Waals surface area contributed by atoms with Crippen molar-refractivity contribution in [3.8, 4) is 0 Å². The minimum atomic E-state index is 0.0492. The minimum absolute atomic E-state index is 0.0492. The maximum atomic E-state index is 7.11. The molecular formula is C7H11N3S. The van der Waals surface area contributed by atoms with E-state index >= 15 is 0 Å². The molecule has 0 radical (unpaired) electrons. The maximum Gasteiger partial charge on any atom is 0.142 e. The summed E-state index contributed by atoms with van der Waals surface area (Å²) in [6.45, 7) is 4.14. The Morgan fingerprint density at radius 2 is 2.36 bits per heavy atom. The van der Waals surface area contributed by atoms with Gasteiger partial charge < -0.3 is 5.73 Å². The van der Waals surface area contributed by atoms with Crippen molar-refractivity contribution >= 4 is 17.2 Å². The molecule has 0 amide bonds. The minimum Gasteiger partial charge on any atom is -0.382 e. The largest absolute Gasteiger partial charge is 0.382 e. The van der Waals surface area contributed by atoms with Crippen LogP contribution in [-0.2, 0) is 0 Å². The maximum absolute atomic E-state index is 7.11. The van der Waals surface area contributed by atoms with Gasteiger partial charge in [0, 0.05) is 11.3 Å². The molecule has 0 atom stereocenters. The summed E-state index contributed by atoms with van der Waals surface area (Å²) in [6.07, 6.45) is 0. The van der Waals surface area contributed by atoms with E-state index in [1.807, 2.05) is 5.38 Å². The highest BCUT2D eigenvalue weighted by atomic mass is 32.1. The summed E-state index contributed by atoms with van der Waals surface area (Å²) in [5.74, 6) is 0.473. The average Bonchev–Trinajstić information content (AvgIpc) is 2.33. The van der Waals surface area contributed by atoms with Crippen LogP contribution in [0.4, 0.5) is 0 Å². The molecule has 1 aromatic rings. The summed E-state index contributed by atoms with van der Waals surface area (Å²) in [4.78, 5) is 4.18. The third-order valence-corrected chi connectivity index (χ3v) is 2.44. The molecular weight excluding hydrogens is 158 g/mol. The van der Waals surface area contributed by atoms with E-state index < -0.39 is 0 Å². The average molecular weight is 169 g/mol. The highest BCUT2D eigenvalue weighted by Crippen LogP contribution is 2.18. The number of nitrogens with zero attached hydrogens (tertiary/aromatic N) is 1. The van der Waals surface area contributed by atoms with Crippen molar-refractivity contribution in [2.45, 2.75) is 19.8 Å². The van der Waals surface area contributed by atoms with Crippen molar-refractivity contribution < 1.29 is 0 Å². The zero-order valence-corrected chi connectivity index (χ0v) is 7.40. The van der Waals surface area contributed by atoms with E-state index in [1.54, 1.807) is 11.3 Å². The Balaban J connectivity index is 2.90. The van der Waals surface area contributed by atoms with Crippen molar-refractivity contribution in [2.75, 3.05) is 0 Å². The summed E-state index contributed by atoms with van der Waals surface area (Å²) in [7, 11) is 0. The lowest BCUT2D eigenvalue weighted by Gasteiger charge is -1.95. The van der Waals surface area contributed by atoms with Gasteiger partial charge in [-0.25, -0.2) is 4.98 Å². The molecule has 0 aliphatic carbocycles. The van der Waals surface area contributed by atoms with Crippen molar-refractivity contribution in [2.24, 2.45) is 5.73 Å². The molecule has 0 aliphatic rings. The third kappa shape index (κ3) is 1.77. The predicted molar refractivity (Wildman–Crippen MR) is 47.2 cm³/mol. The van der Waals surface area contributed by atoms with Crippen LogP contribution in [0.1, 0.15) is 30.5 Å². The van der Waals surface area contributed by atoms with Gasteiger partial charge in [-0.2, -0.15) is 0 Å². The molecule has 0 spiro atoms. The van der Waals surface area contributed by atoms with Crippen molar-refractivity contribution in [3.05, 3.63) is 16.1 Å². The van der Waals surface area contributed by atoms with Crippen LogP contribution < -0.4 is 5.73 Å². The topological polar surface area (TPSA) is 62.8 Å². The lowest BCUT2D eigenvalue weighted by Crippen LogP contribution is -2.11. The first-order valence-corrected chi connectivity index (χ1v) is 4.29. The van der Waals surface area contributed by atoms with E-state index in [-0.39, 0.29) is 5.84 Å². The normalized spacial score (nSPS) is 10.5. The van der Waals surface area contributed by atoms with Gasteiger partial charge in [-0.1, -0.05) is 13.8 Å². The van der Waals surface area contributed by atoms with Crippen molar-refractivity contribution in [3.63, 3.8) is 0 Å². The summed E-state index contributed by atoms with van der Waals surface area (Å²) in [6, 6.07) is 0. The van der Waals surface area contributed by atoms with Crippen LogP contribution in [0.2, 0.25) is 0 Å². The number of nitrogens with one attached hydrogen (secondary N) is 1. The monoisotopic (exact) mass is 169 g/mol. The Morgan fingerprint density at radius 1 is 1.73 bits per heavy atom. The summed E-state index contributed by atoms with van der Waals surface area (Å²) in [5.41, 5.74) is 5.85. The van der Waals surface area contributed by atoms with E-state index in [0.29, 0.717) is 11.6 Å². The van der Waals surface area contributed by atoms with Gasteiger partial charge in [0.1, 0.15) is 11.5 Å². The van der Waals surface area contributed by atoms with Gasteiger partial charge in [-0.3, -0.25) is 5.41 Å². The predicted octanol–water partition coefficient (Wildman–Crippen LogP) is 1.55. The lowest BCUT2D eigenvalue weighted by atomic mass is 10.2. The van der Waals surface area contributed by atoms with E-state index in [0.717, 1.165) is 5.01 Å². The first kappa shape index (κ1) is 8.20. The molecule has 0 saturated heterocycles. The van der Waals surface area contributed by atoms with Gasteiger partial charge in [0.2, 0.25) is 0 Å². The quantitative estimate of drug-likeness (QED) is 0.521. The highest BCUT2D eigenvalue weighted by molar-refractivity contribution is 7.09. The Labute approximate surface area is 69.8 Å². The van der Waals surface area contributed by atoms with Crippen LogP contribution in [0.3, 0.4) is 0 Å². The van der Waals surface area contributed by atoms with Crippen LogP contribution in [-0.4, -0.2) is 10.8 Å². The number of rotatable bonds is 2. The fourth-order valence-electron chi connectivity index (χ4n) is 0.677. The molecule has 0 bridgehead atoms. The van der Waals surface area contributed by atoms with E-state index in [1.165, 1.54) is 0 Å². The molecule has 0 fully saturated rings. The number of nitrogen functional groups attached to an aromatic ring is 1. The fraction of sp³-hybridized carbons (Fsp3) is 0.429. The van der Waals surface area contributed by atoms with Crippen molar-refractivity contribution in [1.29, 1.82) is 5.41 Å². The zero-order valence-electron chi connectivity index (χ0n) is 6.59. The number of aromatic nitrogens is 1. The van der Waals surface area contributed by atoms with E-state index in [9.17, 15) is 0 Å². The summed E-state index contributed by atoms with van der Waals surface area (Å²) in [5, 5.41) is 9.97. The van der Waals surface area contributed by atoms with Crippen LogP contribution in [0, 0.1) is 5.41 Å². The number of nitrogens with two attached hydrogens (primary N) is 1. The Morgan fingerprint density at radius 3 is 2.64 bits per heavy atom. The van der Waals surface area contributed by atoms with Crippen LogP contribution in [0.5, 0.6) is 0 Å². The van der Waals surface area contributed by atoms with Gasteiger partial charge in [0.25, 0.3) is 0 Å². The fourth-order valence-corrected chi connectivity index (χ4v) is 1.51. The molecule has 60 valence electrons. The van der Waals surface area contributed by atoms with Crippen LogP contribution in [0.25, 0.3) is 0 Å². The van der Waals surface area contributed by atoms with E-state index in [2.05, 4.69) is 18.8 Å². The van der Waals surface area contributed by atoms with Crippen LogP contribution >= 0.6 is 11.3 Å². The van der Waals surface area contributed by atoms with E-state index in [4.69, 9.17) is 11.1 Å². The van der Waals surface area contributed by atoms with Gasteiger partial charge in [0.15, 0.2) is 0 Å². The number of hydrogen-bond acceptors (Lipinski definition) is 3. The Bertz CT molecular complexity index is 264. The second kappa shape index (κ2) is 3.00. The molecule has 0 aliphatic heterocycles. The summed E-state index contributed by atoms with van der Waals surface area (Å²) >= 11 is 1.55. The Kier molecular flexibility index (Phi) is 2.24. The first-order chi connectivity index (χ1) is 5.11. The molecule has 1 aromatic heterocycles. The SMILES string of the molecule is CC(C)c1nc(C(=N)N)cs1. The third-order valence-electron chi connectivity index (χ3n) is 1.29. The number of hydrogen-bond donors (Lipinski definition) is 2. The molecule has 0 unspecified atom stereocenters. The molecule has 0 saturated carbocycles. The second-order valence-electron chi connectivity index (χ2n) is 2.64. The molecule has 3 nitrogen and oxygen atoms in total. The molecule has 0 aromatic carbocycles. The summed E-state index contributed by atoms with van der Waals surface area (Å²) < 4.78 is 0. The molecule has 1 rings (SSSR count). The van der Waals surface area contributed by atoms with Gasteiger partial charge in [0.05, 0.1) is 5.01 Å². The highest BCUT2D eigenvalue weighted by Gasteiger charge is 2.06. The molecule has 3 N–H and O–H groups in total. The van der Waals surface area contributed by atoms with Gasteiger partial charge in [-0.15, -0.1) is 11.3 Å². The van der Waals surface area contributed by atoms with Crippen LogP contribution in [0.15, 0.2) is 5.38 Å². The Hall–Kier alpha value is -0.900. The first-order valence-electron chi connectivity index (χ1n) is 3.41. The zero-order chi connectivity index (χ0) is 8.43. The number of amidine groups is 1. The standard InChI is InChI=1S/C7H11N3S/c1-4(2)7-10-5(3-11-7)6(8)9/h3-4H,1-2H3,(H3,8,9). The molecule has 11 heavy (non-hydrogen) atoms. The second-order valence-corrected chi connectivity index (χ2v) is 3.53. The molecule has 4 heteroatoms. The smallest absolute Gasteiger partial charge is 0.142 e. The lowest BCUT2D eigenvalue weighted by molar-refractivity contribution is 0.851. The molecule has 1 heterocycles. The van der Waals surface area contributed by atoms with Gasteiger partial charge in [-0.05, 0) is 0 Å². The van der Waals surface area contributed by atoms with Gasteiger partial charge >= 0.3 is 0 Å². The number of thiazole rings is 1.